The second kappa shape index (κ2) is 12.0. The largest absolute Gasteiger partial charge is 0.459 e. The molecule has 1 saturated heterocycles. The van der Waals surface area contributed by atoms with Crippen LogP contribution in [-0.4, -0.2) is 55.1 Å². The molecule has 0 spiro atoms. The first kappa shape index (κ1) is 25.6. The van der Waals surface area contributed by atoms with Crippen molar-refractivity contribution in [2.24, 2.45) is 0 Å². The van der Waals surface area contributed by atoms with Crippen LogP contribution in [0.15, 0.2) is 91.0 Å². The average Bonchev–Trinajstić information content (AvgIpc) is 3.23. The zero-order valence-electron chi connectivity index (χ0n) is 19.9. The Kier molecular flexibility index (Phi) is 8.27. The van der Waals surface area contributed by atoms with Gasteiger partial charge in [-0.3, -0.25) is 4.79 Å². The Morgan fingerprint density at radius 2 is 1.05 bits per heavy atom. The topological polar surface area (TPSA) is 114 Å². The van der Waals surface area contributed by atoms with Crippen molar-refractivity contribution in [3.8, 4) is 0 Å². The lowest BCUT2D eigenvalue weighted by molar-refractivity contribution is -0.187. The van der Waals surface area contributed by atoms with Crippen molar-refractivity contribution >= 4 is 23.9 Å². The second-order valence-electron chi connectivity index (χ2n) is 8.09. The van der Waals surface area contributed by atoms with Gasteiger partial charge in [0, 0.05) is 6.92 Å². The van der Waals surface area contributed by atoms with Crippen molar-refractivity contribution in [3.05, 3.63) is 108 Å². The smallest absolute Gasteiger partial charge is 0.338 e. The van der Waals surface area contributed by atoms with E-state index in [1.165, 1.54) is 0 Å². The highest BCUT2D eigenvalue weighted by Crippen LogP contribution is 2.30. The van der Waals surface area contributed by atoms with Crippen LogP contribution in [0.1, 0.15) is 38.0 Å². The lowest BCUT2D eigenvalue weighted by atomic mass is 10.1. The summed E-state index contributed by atoms with van der Waals surface area (Å²) in [6.07, 6.45) is -5.09. The van der Waals surface area contributed by atoms with E-state index in [0.717, 1.165) is 6.92 Å². The monoisotopic (exact) mass is 504 g/mol. The molecule has 0 amide bonds. The van der Waals surface area contributed by atoms with Crippen LogP contribution < -0.4 is 0 Å². The number of esters is 4. The third kappa shape index (κ3) is 6.59. The van der Waals surface area contributed by atoms with Crippen LogP contribution in [0.25, 0.3) is 0 Å². The van der Waals surface area contributed by atoms with Crippen LogP contribution >= 0.6 is 0 Å². The quantitative estimate of drug-likeness (QED) is 0.335. The maximum Gasteiger partial charge on any atom is 0.338 e. The molecule has 37 heavy (non-hydrogen) atoms. The normalized spacial score (nSPS) is 20.5. The Bertz CT molecular complexity index is 1230. The van der Waals surface area contributed by atoms with Gasteiger partial charge in [0.15, 0.2) is 6.10 Å². The molecule has 0 aliphatic carbocycles. The molecule has 1 aliphatic rings. The minimum absolute atomic E-state index is 0.233. The molecular weight excluding hydrogens is 480 g/mol. The van der Waals surface area contributed by atoms with Gasteiger partial charge in [-0.25, -0.2) is 14.4 Å². The molecule has 1 heterocycles. The molecular formula is C28H24O9. The summed E-state index contributed by atoms with van der Waals surface area (Å²) >= 11 is 0. The lowest BCUT2D eigenvalue weighted by Gasteiger charge is -2.24. The first-order valence-corrected chi connectivity index (χ1v) is 11.5. The fraction of sp³-hybridized carbons (Fsp3) is 0.214. The number of ether oxygens (including phenoxy) is 5. The number of carbonyl (C=O) groups excluding carboxylic acids is 4. The summed E-state index contributed by atoms with van der Waals surface area (Å²) in [4.78, 5) is 50.0. The molecule has 0 unspecified atom stereocenters. The highest BCUT2D eigenvalue weighted by molar-refractivity contribution is 5.91. The predicted octanol–water partition coefficient (Wildman–Crippen LogP) is 3.58. The van der Waals surface area contributed by atoms with Gasteiger partial charge in [0.1, 0.15) is 12.7 Å². The van der Waals surface area contributed by atoms with Gasteiger partial charge in [-0.15, -0.1) is 0 Å². The van der Waals surface area contributed by atoms with Crippen LogP contribution in [0.2, 0.25) is 0 Å². The van der Waals surface area contributed by atoms with Gasteiger partial charge >= 0.3 is 23.9 Å². The van der Waals surface area contributed by atoms with E-state index < -0.39 is 48.5 Å². The maximum absolute atomic E-state index is 12.9. The van der Waals surface area contributed by atoms with Crippen LogP contribution in [-0.2, 0) is 28.5 Å². The Hall–Kier alpha value is -4.50. The van der Waals surface area contributed by atoms with Gasteiger partial charge < -0.3 is 23.7 Å². The molecule has 4 rings (SSSR count). The molecule has 1 aliphatic heterocycles. The van der Waals surface area contributed by atoms with Crippen molar-refractivity contribution in [1.82, 2.24) is 0 Å². The SMILES string of the molecule is CC(=O)O[C@@H]1O[C@@H](COC(=O)c2ccccc2)[C@@H](OC(=O)c2ccccc2)[C@H]1OC(=O)c1ccccc1. The van der Waals surface area contributed by atoms with Crippen molar-refractivity contribution in [3.63, 3.8) is 0 Å². The van der Waals surface area contributed by atoms with E-state index >= 15 is 0 Å². The first-order chi connectivity index (χ1) is 17.9. The molecule has 190 valence electrons. The number of rotatable bonds is 8. The third-order valence-electron chi connectivity index (χ3n) is 5.44. The highest BCUT2D eigenvalue weighted by Gasteiger charge is 2.52. The van der Waals surface area contributed by atoms with Crippen molar-refractivity contribution in [2.75, 3.05) is 6.61 Å². The number of hydrogen-bond donors (Lipinski definition) is 0. The molecule has 0 bridgehead atoms. The van der Waals surface area contributed by atoms with E-state index in [-0.39, 0.29) is 17.7 Å². The first-order valence-electron chi connectivity index (χ1n) is 11.5. The van der Waals surface area contributed by atoms with E-state index in [4.69, 9.17) is 23.7 Å². The van der Waals surface area contributed by atoms with Crippen molar-refractivity contribution in [2.45, 2.75) is 31.5 Å². The molecule has 3 aromatic rings. The van der Waals surface area contributed by atoms with Crippen molar-refractivity contribution in [1.29, 1.82) is 0 Å². The lowest BCUT2D eigenvalue weighted by Crippen LogP contribution is -2.42. The van der Waals surface area contributed by atoms with Gasteiger partial charge in [-0.05, 0) is 36.4 Å². The molecule has 9 heteroatoms. The second-order valence-corrected chi connectivity index (χ2v) is 8.09. The van der Waals surface area contributed by atoms with Gasteiger partial charge in [-0.1, -0.05) is 54.6 Å². The summed E-state index contributed by atoms with van der Waals surface area (Å²) in [7, 11) is 0. The van der Waals surface area contributed by atoms with Crippen LogP contribution in [0.3, 0.4) is 0 Å². The van der Waals surface area contributed by atoms with E-state index in [1.807, 2.05) is 0 Å². The van der Waals surface area contributed by atoms with Crippen LogP contribution in [0.5, 0.6) is 0 Å². The number of hydrogen-bond acceptors (Lipinski definition) is 9. The molecule has 9 nitrogen and oxygen atoms in total. The summed E-state index contributed by atoms with van der Waals surface area (Å²) in [6, 6.07) is 24.6. The molecule has 0 aromatic heterocycles. The molecule has 4 atom stereocenters. The van der Waals surface area contributed by atoms with Crippen molar-refractivity contribution < 1.29 is 42.9 Å². The van der Waals surface area contributed by atoms with E-state index in [2.05, 4.69) is 0 Å². The predicted molar refractivity (Wildman–Crippen MR) is 128 cm³/mol. The zero-order chi connectivity index (χ0) is 26.2. The maximum atomic E-state index is 12.9. The minimum atomic E-state index is -1.40. The summed E-state index contributed by atoms with van der Waals surface area (Å²) in [5.41, 5.74) is 0.782. The Morgan fingerprint density at radius 3 is 1.51 bits per heavy atom. The summed E-state index contributed by atoms with van der Waals surface area (Å²) in [6.45, 7) is 0.796. The third-order valence-corrected chi connectivity index (χ3v) is 5.44. The molecule has 1 fully saturated rings. The zero-order valence-corrected chi connectivity index (χ0v) is 19.9. The fourth-order valence-electron chi connectivity index (χ4n) is 3.70. The fourth-order valence-corrected chi connectivity index (χ4v) is 3.70. The van der Waals surface area contributed by atoms with Gasteiger partial charge in [0.2, 0.25) is 12.4 Å². The average molecular weight is 504 g/mol. The van der Waals surface area contributed by atoms with Gasteiger partial charge in [0.25, 0.3) is 0 Å². The Labute approximate surface area is 212 Å². The number of benzene rings is 3. The summed E-state index contributed by atoms with van der Waals surface area (Å²) in [5, 5.41) is 0. The van der Waals surface area contributed by atoms with E-state index in [1.54, 1.807) is 91.0 Å². The minimum Gasteiger partial charge on any atom is -0.459 e. The van der Waals surface area contributed by atoms with E-state index in [9.17, 15) is 19.2 Å². The molecule has 0 N–H and O–H groups in total. The Balaban J connectivity index is 1.58. The van der Waals surface area contributed by atoms with Gasteiger partial charge in [-0.2, -0.15) is 0 Å². The highest BCUT2D eigenvalue weighted by atomic mass is 16.8. The molecule has 3 aromatic carbocycles. The van der Waals surface area contributed by atoms with Crippen LogP contribution in [0.4, 0.5) is 0 Å². The Morgan fingerprint density at radius 1 is 0.622 bits per heavy atom. The molecule has 0 saturated carbocycles. The molecule has 0 radical (unpaired) electrons. The number of carbonyl (C=O) groups is 4. The van der Waals surface area contributed by atoms with Gasteiger partial charge in [0.05, 0.1) is 16.7 Å². The summed E-state index contributed by atoms with van der Waals surface area (Å²) < 4.78 is 27.7. The summed E-state index contributed by atoms with van der Waals surface area (Å²) in [5.74, 6) is -2.81. The standard InChI is InChI=1S/C28H24O9/c1-18(29)34-28-24(37-27(32)21-15-9-4-10-16-21)23(36-26(31)20-13-7-3-8-14-20)22(35-28)17-33-25(30)19-11-5-2-6-12-19/h2-16,22-24,28H,17H2,1H3/t22-,23+,24+,28+/m0/s1. The van der Waals surface area contributed by atoms with E-state index in [0.29, 0.717) is 5.56 Å². The van der Waals surface area contributed by atoms with Crippen LogP contribution in [0, 0.1) is 0 Å².